The van der Waals surface area contributed by atoms with Gasteiger partial charge >= 0.3 is 0 Å². The molecule has 0 aromatic rings. The third-order valence-corrected chi connectivity index (χ3v) is 2.67. The molecule has 0 saturated heterocycles. The number of nitrogens with zero attached hydrogens (tertiary/aromatic N) is 1. The van der Waals surface area contributed by atoms with Crippen molar-refractivity contribution < 1.29 is 4.58 Å². The standard InChI is InChI=1S/C9H19N2/c1-10-8-6-4-5-7-9(8)11(2)3/h8-10H,2,4-7H2,1,3H3/q+1. The van der Waals surface area contributed by atoms with Crippen molar-refractivity contribution in [3.8, 4) is 0 Å². The van der Waals surface area contributed by atoms with Crippen LogP contribution in [0.15, 0.2) is 0 Å². The maximum Gasteiger partial charge on any atom is 0.166 e. The van der Waals surface area contributed by atoms with E-state index in [2.05, 4.69) is 23.7 Å². The van der Waals surface area contributed by atoms with Crippen LogP contribution in [0.4, 0.5) is 0 Å². The molecule has 0 aromatic carbocycles. The first-order valence-electron chi connectivity index (χ1n) is 4.46. The van der Waals surface area contributed by atoms with Crippen molar-refractivity contribution in [2.24, 2.45) is 0 Å². The zero-order chi connectivity index (χ0) is 8.27. The minimum absolute atomic E-state index is 0.647. The van der Waals surface area contributed by atoms with E-state index in [9.17, 15) is 0 Å². The Morgan fingerprint density at radius 1 is 1.36 bits per heavy atom. The minimum Gasteiger partial charge on any atom is -0.311 e. The lowest BCUT2D eigenvalue weighted by atomic mass is 9.90. The molecular formula is C9H19N2+. The highest BCUT2D eigenvalue weighted by atomic mass is 15.1. The molecule has 0 heterocycles. The van der Waals surface area contributed by atoms with Gasteiger partial charge in [-0.1, -0.05) is 6.42 Å². The first-order chi connectivity index (χ1) is 5.25. The average molecular weight is 155 g/mol. The van der Waals surface area contributed by atoms with Crippen molar-refractivity contribution in [3.05, 3.63) is 0 Å². The van der Waals surface area contributed by atoms with Crippen molar-refractivity contribution in [2.45, 2.75) is 37.8 Å². The van der Waals surface area contributed by atoms with Gasteiger partial charge in [-0.3, -0.25) is 0 Å². The van der Waals surface area contributed by atoms with Gasteiger partial charge in [-0.25, -0.2) is 4.58 Å². The summed E-state index contributed by atoms with van der Waals surface area (Å²) in [6.07, 6.45) is 5.34. The smallest absolute Gasteiger partial charge is 0.166 e. The molecule has 2 heteroatoms. The van der Waals surface area contributed by atoms with Crippen LogP contribution in [-0.2, 0) is 0 Å². The summed E-state index contributed by atoms with van der Waals surface area (Å²) >= 11 is 0. The molecule has 0 spiro atoms. The summed E-state index contributed by atoms with van der Waals surface area (Å²) in [5.41, 5.74) is 0. The van der Waals surface area contributed by atoms with Crippen LogP contribution < -0.4 is 5.32 Å². The summed E-state index contributed by atoms with van der Waals surface area (Å²) < 4.78 is 2.10. The van der Waals surface area contributed by atoms with Crippen molar-refractivity contribution in [1.29, 1.82) is 0 Å². The number of hydrogen-bond donors (Lipinski definition) is 1. The van der Waals surface area contributed by atoms with Crippen molar-refractivity contribution >= 4 is 6.72 Å². The molecule has 11 heavy (non-hydrogen) atoms. The van der Waals surface area contributed by atoms with Gasteiger partial charge in [-0.2, -0.15) is 0 Å². The zero-order valence-electron chi connectivity index (χ0n) is 7.64. The Labute approximate surface area is 69.3 Å². The molecule has 0 radical (unpaired) electrons. The highest BCUT2D eigenvalue weighted by Gasteiger charge is 2.28. The molecule has 1 aliphatic rings. The van der Waals surface area contributed by atoms with Crippen molar-refractivity contribution in [1.82, 2.24) is 5.32 Å². The predicted octanol–water partition coefficient (Wildman–Crippen LogP) is 0.860. The lowest BCUT2D eigenvalue weighted by Crippen LogP contribution is -2.45. The van der Waals surface area contributed by atoms with Crippen molar-refractivity contribution in [3.63, 3.8) is 0 Å². The van der Waals surface area contributed by atoms with Gasteiger partial charge in [0.2, 0.25) is 0 Å². The molecule has 0 amide bonds. The van der Waals surface area contributed by atoms with E-state index in [1.165, 1.54) is 25.7 Å². The van der Waals surface area contributed by atoms with E-state index in [0.29, 0.717) is 12.1 Å². The van der Waals surface area contributed by atoms with E-state index in [1.807, 2.05) is 7.05 Å². The quantitative estimate of drug-likeness (QED) is 0.462. The predicted molar refractivity (Wildman–Crippen MR) is 48.4 cm³/mol. The monoisotopic (exact) mass is 155 g/mol. The van der Waals surface area contributed by atoms with Gasteiger partial charge in [0, 0.05) is 6.42 Å². The molecule has 1 rings (SSSR count). The maximum absolute atomic E-state index is 3.95. The van der Waals surface area contributed by atoms with E-state index in [4.69, 9.17) is 0 Å². The van der Waals surface area contributed by atoms with Crippen molar-refractivity contribution in [2.75, 3.05) is 14.1 Å². The Balaban J connectivity index is 2.51. The van der Waals surface area contributed by atoms with Gasteiger partial charge < -0.3 is 5.32 Å². The second-order valence-corrected chi connectivity index (χ2v) is 3.50. The topological polar surface area (TPSA) is 15.0 Å². The fourth-order valence-corrected chi connectivity index (χ4v) is 1.98. The molecule has 64 valence electrons. The molecule has 2 unspecified atom stereocenters. The van der Waals surface area contributed by atoms with Crippen LogP contribution in [0, 0.1) is 0 Å². The number of rotatable bonds is 2. The Bertz CT molecular complexity index is 142. The van der Waals surface area contributed by atoms with Crippen LogP contribution >= 0.6 is 0 Å². The molecule has 2 atom stereocenters. The second kappa shape index (κ2) is 3.86. The van der Waals surface area contributed by atoms with Crippen LogP contribution in [0.5, 0.6) is 0 Å². The third kappa shape index (κ3) is 2.03. The molecule has 1 saturated carbocycles. The lowest BCUT2D eigenvalue weighted by Gasteiger charge is -2.27. The molecule has 0 aliphatic heterocycles. The second-order valence-electron chi connectivity index (χ2n) is 3.50. The molecule has 0 aromatic heterocycles. The molecule has 0 bridgehead atoms. The van der Waals surface area contributed by atoms with Gasteiger partial charge in [-0.15, -0.1) is 0 Å². The maximum atomic E-state index is 3.95. The van der Waals surface area contributed by atoms with Gasteiger partial charge in [0.1, 0.15) is 13.8 Å². The largest absolute Gasteiger partial charge is 0.311 e. The Hall–Kier alpha value is -0.370. The van der Waals surface area contributed by atoms with E-state index in [0.717, 1.165) is 0 Å². The number of hydrogen-bond acceptors (Lipinski definition) is 1. The highest BCUT2D eigenvalue weighted by molar-refractivity contribution is 5.14. The Morgan fingerprint density at radius 2 is 2.00 bits per heavy atom. The average Bonchev–Trinajstić information content (AvgIpc) is 2.04. The Kier molecular flexibility index (Phi) is 3.06. The number of nitrogens with one attached hydrogen (secondary N) is 1. The lowest BCUT2D eigenvalue weighted by molar-refractivity contribution is -0.537. The molecule has 2 nitrogen and oxygen atoms in total. The first-order valence-corrected chi connectivity index (χ1v) is 4.46. The minimum atomic E-state index is 0.647. The number of likely N-dealkylation sites (N-methyl/N-ethyl adjacent to an activating group) is 2. The van der Waals surface area contributed by atoms with Crippen LogP contribution in [0.25, 0.3) is 0 Å². The fraction of sp³-hybridized carbons (Fsp3) is 0.889. The van der Waals surface area contributed by atoms with Crippen LogP contribution in [0.1, 0.15) is 25.7 Å². The summed E-state index contributed by atoms with van der Waals surface area (Å²) in [4.78, 5) is 0. The van der Waals surface area contributed by atoms with Crippen LogP contribution in [0.3, 0.4) is 0 Å². The van der Waals surface area contributed by atoms with Crippen LogP contribution in [-0.4, -0.2) is 37.5 Å². The highest BCUT2D eigenvalue weighted by Crippen LogP contribution is 2.19. The summed E-state index contributed by atoms with van der Waals surface area (Å²) in [5.74, 6) is 0. The van der Waals surface area contributed by atoms with E-state index >= 15 is 0 Å². The fourth-order valence-electron chi connectivity index (χ4n) is 1.98. The molecular weight excluding hydrogens is 136 g/mol. The Morgan fingerprint density at radius 3 is 2.45 bits per heavy atom. The summed E-state index contributed by atoms with van der Waals surface area (Å²) in [6, 6.07) is 1.31. The summed E-state index contributed by atoms with van der Waals surface area (Å²) in [7, 11) is 4.12. The van der Waals surface area contributed by atoms with Gasteiger partial charge in [0.25, 0.3) is 0 Å². The van der Waals surface area contributed by atoms with Gasteiger partial charge in [0.15, 0.2) is 6.04 Å². The zero-order valence-corrected chi connectivity index (χ0v) is 7.64. The van der Waals surface area contributed by atoms with E-state index < -0.39 is 0 Å². The molecule has 1 N–H and O–H groups in total. The van der Waals surface area contributed by atoms with E-state index in [1.54, 1.807) is 0 Å². The third-order valence-electron chi connectivity index (χ3n) is 2.67. The summed E-state index contributed by atoms with van der Waals surface area (Å²) in [6.45, 7) is 3.95. The first kappa shape index (κ1) is 8.72. The van der Waals surface area contributed by atoms with Gasteiger partial charge in [0.05, 0.1) is 6.04 Å². The summed E-state index contributed by atoms with van der Waals surface area (Å²) in [5, 5.41) is 3.35. The van der Waals surface area contributed by atoms with Crippen LogP contribution in [0.2, 0.25) is 0 Å². The molecule has 1 aliphatic carbocycles. The SMILES string of the molecule is C=[N+](C)C1CCCCC1NC. The molecule has 1 fully saturated rings. The van der Waals surface area contributed by atoms with Gasteiger partial charge in [-0.05, 0) is 19.9 Å². The van der Waals surface area contributed by atoms with E-state index in [-0.39, 0.29) is 0 Å². The normalized spacial score (nSPS) is 31.8.